The van der Waals surface area contributed by atoms with Gasteiger partial charge < -0.3 is 9.84 Å². The van der Waals surface area contributed by atoms with Gasteiger partial charge in [-0.25, -0.2) is 4.79 Å². The zero-order valence-corrected chi connectivity index (χ0v) is 11.9. The van der Waals surface area contributed by atoms with Crippen LogP contribution in [0, 0.1) is 23.7 Å². The third-order valence-corrected chi connectivity index (χ3v) is 5.69. The number of aliphatic carboxylic acids is 1. The summed E-state index contributed by atoms with van der Waals surface area (Å²) < 4.78 is 5.82. The highest BCUT2D eigenvalue weighted by Crippen LogP contribution is 2.59. The highest BCUT2D eigenvalue weighted by atomic mass is 16.6. The maximum absolute atomic E-state index is 12.1. The average molecular weight is 278 g/mol. The van der Waals surface area contributed by atoms with Crippen LogP contribution in [0.2, 0.25) is 0 Å². The number of ether oxygens (including phenoxy) is 1. The molecular formula is C16H22O4. The molecule has 20 heavy (non-hydrogen) atoms. The molecule has 4 rings (SSSR count). The molecule has 0 aromatic heterocycles. The molecule has 4 saturated carbocycles. The largest absolute Gasteiger partial charge is 0.481 e. The Bertz CT molecular complexity index is 453. The second-order valence-corrected chi connectivity index (χ2v) is 7.02. The minimum Gasteiger partial charge on any atom is -0.481 e. The third kappa shape index (κ3) is 2.15. The number of carbonyl (C=O) groups is 2. The third-order valence-electron chi connectivity index (χ3n) is 5.69. The van der Waals surface area contributed by atoms with Gasteiger partial charge in [0.1, 0.15) is 5.60 Å². The van der Waals surface area contributed by atoms with Crippen LogP contribution in [0.15, 0.2) is 12.2 Å². The average Bonchev–Trinajstić information content (AvgIpc) is 2.33. The summed E-state index contributed by atoms with van der Waals surface area (Å²) in [5.41, 5.74) is -0.298. The molecule has 0 amide bonds. The highest BCUT2D eigenvalue weighted by Gasteiger charge is 2.57. The van der Waals surface area contributed by atoms with Gasteiger partial charge in [-0.05, 0) is 55.8 Å². The van der Waals surface area contributed by atoms with Gasteiger partial charge in [-0.1, -0.05) is 13.5 Å². The lowest BCUT2D eigenvalue weighted by molar-refractivity contribution is -0.202. The van der Waals surface area contributed by atoms with Crippen molar-refractivity contribution in [1.29, 1.82) is 0 Å². The van der Waals surface area contributed by atoms with E-state index in [1.165, 1.54) is 19.3 Å². The van der Waals surface area contributed by atoms with Gasteiger partial charge in [0.25, 0.3) is 0 Å². The Hall–Kier alpha value is -1.32. The van der Waals surface area contributed by atoms with E-state index in [-0.39, 0.29) is 17.6 Å². The predicted octanol–water partition coefficient (Wildman–Crippen LogP) is 2.78. The number of hydrogen-bond acceptors (Lipinski definition) is 3. The lowest BCUT2D eigenvalue weighted by Crippen LogP contribution is -2.58. The number of carboxylic acid groups (broad SMARTS) is 1. The molecule has 4 heteroatoms. The minimum absolute atomic E-state index is 0.0560. The predicted molar refractivity (Wildman–Crippen MR) is 72.9 cm³/mol. The Kier molecular flexibility index (Phi) is 3.14. The van der Waals surface area contributed by atoms with Gasteiger partial charge in [-0.3, -0.25) is 4.79 Å². The van der Waals surface area contributed by atoms with Crippen LogP contribution in [0.3, 0.4) is 0 Å². The van der Waals surface area contributed by atoms with Crippen molar-refractivity contribution < 1.29 is 19.4 Å². The first-order valence-electron chi connectivity index (χ1n) is 7.52. The van der Waals surface area contributed by atoms with Crippen LogP contribution in [-0.4, -0.2) is 22.6 Å². The van der Waals surface area contributed by atoms with Crippen molar-refractivity contribution in [3.8, 4) is 0 Å². The molecular weight excluding hydrogens is 256 g/mol. The zero-order valence-electron chi connectivity index (χ0n) is 11.9. The van der Waals surface area contributed by atoms with E-state index in [0.717, 1.165) is 12.8 Å². The fourth-order valence-electron chi connectivity index (χ4n) is 4.91. The maximum atomic E-state index is 12.1. The Balaban J connectivity index is 1.74. The van der Waals surface area contributed by atoms with Crippen molar-refractivity contribution in [1.82, 2.24) is 0 Å². The summed E-state index contributed by atoms with van der Waals surface area (Å²) in [6.07, 6.45) is 5.39. The van der Waals surface area contributed by atoms with E-state index in [4.69, 9.17) is 9.84 Å². The van der Waals surface area contributed by atoms with Crippen molar-refractivity contribution >= 4 is 11.9 Å². The van der Waals surface area contributed by atoms with Gasteiger partial charge in [-0.15, -0.1) is 0 Å². The standard InChI is InChI=1S/C16H22O4/c1-9(3-14(17)18)15(19)20-16-7-11-4-12(8-16)6-13(5-11)10(16)2/h10-13H,1,3-8H2,2H3,(H,17,18). The lowest BCUT2D eigenvalue weighted by Gasteiger charge is -2.59. The van der Waals surface area contributed by atoms with Gasteiger partial charge in [0.15, 0.2) is 0 Å². The van der Waals surface area contributed by atoms with Gasteiger partial charge >= 0.3 is 11.9 Å². The number of rotatable bonds is 4. The first kappa shape index (κ1) is 13.7. The molecule has 0 aromatic rings. The monoisotopic (exact) mass is 278 g/mol. The molecule has 0 spiro atoms. The first-order valence-corrected chi connectivity index (χ1v) is 7.52. The van der Waals surface area contributed by atoms with E-state index in [1.54, 1.807) is 0 Å². The number of esters is 1. The van der Waals surface area contributed by atoms with Crippen LogP contribution in [0.4, 0.5) is 0 Å². The van der Waals surface area contributed by atoms with Crippen molar-refractivity contribution in [2.24, 2.45) is 23.7 Å². The molecule has 4 aliphatic rings. The van der Waals surface area contributed by atoms with Crippen LogP contribution < -0.4 is 0 Å². The van der Waals surface area contributed by atoms with Gasteiger partial charge in [0, 0.05) is 5.57 Å². The molecule has 4 bridgehead atoms. The van der Waals surface area contributed by atoms with E-state index >= 15 is 0 Å². The SMILES string of the molecule is C=C(CC(=O)O)C(=O)OC12CC3CC(CC(C3)C1C)C2. The summed E-state index contributed by atoms with van der Waals surface area (Å²) in [6, 6.07) is 0. The molecule has 110 valence electrons. The van der Waals surface area contributed by atoms with Crippen molar-refractivity contribution in [3.05, 3.63) is 12.2 Å². The fraction of sp³-hybridized carbons (Fsp3) is 0.750. The minimum atomic E-state index is -1.04. The molecule has 4 aliphatic carbocycles. The molecule has 3 unspecified atom stereocenters. The molecule has 0 radical (unpaired) electrons. The van der Waals surface area contributed by atoms with Crippen molar-refractivity contribution in [3.63, 3.8) is 0 Å². The molecule has 1 N–H and O–H groups in total. The van der Waals surface area contributed by atoms with E-state index in [2.05, 4.69) is 13.5 Å². The van der Waals surface area contributed by atoms with Gasteiger partial charge in [0.05, 0.1) is 6.42 Å². The molecule has 0 saturated heterocycles. The normalized spacial score (nSPS) is 41.5. The van der Waals surface area contributed by atoms with Gasteiger partial charge in [-0.2, -0.15) is 0 Å². The smallest absolute Gasteiger partial charge is 0.334 e. The van der Waals surface area contributed by atoms with Crippen LogP contribution in [0.25, 0.3) is 0 Å². The zero-order chi connectivity index (χ0) is 14.5. The van der Waals surface area contributed by atoms with Crippen LogP contribution >= 0.6 is 0 Å². The quantitative estimate of drug-likeness (QED) is 0.634. The van der Waals surface area contributed by atoms with Crippen molar-refractivity contribution in [2.45, 2.75) is 51.0 Å². The Morgan fingerprint density at radius 3 is 2.40 bits per heavy atom. The van der Waals surface area contributed by atoms with E-state index < -0.39 is 11.9 Å². The lowest BCUT2D eigenvalue weighted by atomic mass is 9.50. The molecule has 3 atom stereocenters. The Morgan fingerprint density at radius 1 is 1.25 bits per heavy atom. The molecule has 0 aliphatic heterocycles. The summed E-state index contributed by atoms with van der Waals surface area (Å²) in [4.78, 5) is 22.8. The van der Waals surface area contributed by atoms with E-state index in [0.29, 0.717) is 23.7 Å². The van der Waals surface area contributed by atoms with Crippen LogP contribution in [-0.2, 0) is 14.3 Å². The van der Waals surface area contributed by atoms with Crippen LogP contribution in [0.5, 0.6) is 0 Å². The maximum Gasteiger partial charge on any atom is 0.334 e. The molecule has 4 nitrogen and oxygen atoms in total. The van der Waals surface area contributed by atoms with E-state index in [1.807, 2.05) is 0 Å². The second-order valence-electron chi connectivity index (χ2n) is 7.02. The fourth-order valence-corrected chi connectivity index (χ4v) is 4.91. The second kappa shape index (κ2) is 4.61. The van der Waals surface area contributed by atoms with Gasteiger partial charge in [0.2, 0.25) is 0 Å². The summed E-state index contributed by atoms with van der Waals surface area (Å²) in [5.74, 6) is 0.874. The molecule has 4 fully saturated rings. The topological polar surface area (TPSA) is 63.6 Å². The molecule has 0 aromatic carbocycles. The summed E-state index contributed by atoms with van der Waals surface area (Å²) in [5, 5.41) is 8.75. The van der Waals surface area contributed by atoms with Crippen LogP contribution in [0.1, 0.15) is 45.4 Å². The summed E-state index contributed by atoms with van der Waals surface area (Å²) in [6.45, 7) is 5.75. The Morgan fingerprint density at radius 2 is 1.85 bits per heavy atom. The summed E-state index contributed by atoms with van der Waals surface area (Å²) >= 11 is 0. The van der Waals surface area contributed by atoms with E-state index in [9.17, 15) is 9.59 Å². The molecule has 0 heterocycles. The highest BCUT2D eigenvalue weighted by molar-refractivity contribution is 5.93. The Labute approximate surface area is 119 Å². The summed E-state index contributed by atoms with van der Waals surface area (Å²) in [7, 11) is 0. The number of carbonyl (C=O) groups excluding carboxylic acids is 1. The van der Waals surface area contributed by atoms with Crippen molar-refractivity contribution in [2.75, 3.05) is 0 Å². The number of carboxylic acids is 1. The first-order chi connectivity index (χ1) is 9.39. The number of hydrogen-bond donors (Lipinski definition) is 1.